The molecular weight excluding hydrogens is 245 g/mol. The van der Waals surface area contributed by atoms with Gasteiger partial charge in [-0.15, -0.1) is 0 Å². The van der Waals surface area contributed by atoms with Crippen LogP contribution in [0.5, 0.6) is 5.75 Å². The maximum Gasteiger partial charge on any atom is 0.200 e. The average Bonchev–Trinajstić information content (AvgIpc) is 2.45. The molecule has 0 saturated heterocycles. The predicted octanol–water partition coefficient (Wildman–Crippen LogP) is 2.96. The summed E-state index contributed by atoms with van der Waals surface area (Å²) in [6.45, 7) is -0.171. The Morgan fingerprint density at radius 3 is 2.58 bits per heavy atom. The van der Waals surface area contributed by atoms with E-state index in [1.54, 1.807) is 30.3 Å². The minimum absolute atomic E-state index is 0.171. The number of carbonyl (C=O) groups excluding carboxylic acids is 1. The fourth-order valence-corrected chi connectivity index (χ4v) is 1.52. The zero-order valence-electron chi connectivity index (χ0n) is 9.97. The second-order valence-corrected chi connectivity index (χ2v) is 3.86. The third kappa shape index (κ3) is 3.39. The maximum atomic E-state index is 12.9. The van der Waals surface area contributed by atoms with Crippen molar-refractivity contribution in [3.8, 4) is 11.8 Å². The van der Waals surface area contributed by atoms with Crippen LogP contribution in [0.1, 0.15) is 15.9 Å². The number of hydrogen-bond donors (Lipinski definition) is 0. The van der Waals surface area contributed by atoms with Crippen molar-refractivity contribution >= 4 is 5.78 Å². The number of hydrogen-bond acceptors (Lipinski definition) is 3. The van der Waals surface area contributed by atoms with Gasteiger partial charge in [0.05, 0.1) is 11.6 Å². The normalized spacial score (nSPS) is 9.68. The van der Waals surface area contributed by atoms with E-state index in [0.717, 1.165) is 0 Å². The average molecular weight is 255 g/mol. The molecule has 2 aromatic rings. The number of rotatable bonds is 4. The van der Waals surface area contributed by atoms with Gasteiger partial charge >= 0.3 is 0 Å². The minimum atomic E-state index is -0.414. The molecule has 0 unspecified atom stereocenters. The van der Waals surface area contributed by atoms with Crippen molar-refractivity contribution in [1.29, 1.82) is 5.26 Å². The van der Waals surface area contributed by atoms with Gasteiger partial charge in [-0.3, -0.25) is 4.79 Å². The van der Waals surface area contributed by atoms with Crippen LogP contribution < -0.4 is 4.74 Å². The van der Waals surface area contributed by atoms with Crippen LogP contribution in [-0.4, -0.2) is 12.4 Å². The molecule has 2 rings (SSSR count). The first-order valence-corrected chi connectivity index (χ1v) is 5.61. The Morgan fingerprint density at radius 2 is 1.95 bits per heavy atom. The van der Waals surface area contributed by atoms with Gasteiger partial charge in [0.25, 0.3) is 0 Å². The molecule has 0 N–H and O–H groups in total. The molecule has 0 aliphatic carbocycles. The van der Waals surface area contributed by atoms with Gasteiger partial charge in [0.2, 0.25) is 0 Å². The Kier molecular flexibility index (Phi) is 3.89. The van der Waals surface area contributed by atoms with Crippen molar-refractivity contribution in [3.63, 3.8) is 0 Å². The summed E-state index contributed by atoms with van der Waals surface area (Å²) >= 11 is 0. The summed E-state index contributed by atoms with van der Waals surface area (Å²) in [7, 11) is 0. The number of ether oxygens (including phenoxy) is 1. The summed E-state index contributed by atoms with van der Waals surface area (Å²) in [5.74, 6) is -0.334. The van der Waals surface area contributed by atoms with Crippen LogP contribution in [0, 0.1) is 17.1 Å². The smallest absolute Gasteiger partial charge is 0.200 e. The molecule has 0 aliphatic heterocycles. The standard InChI is InChI=1S/C15H10FNO2/c16-13-2-1-3-14(8-13)19-10-15(18)12-6-4-11(9-17)5-7-12/h1-8H,10H2. The third-order valence-electron chi connectivity index (χ3n) is 2.50. The lowest BCUT2D eigenvalue weighted by Crippen LogP contribution is -2.11. The number of benzene rings is 2. The molecule has 0 bridgehead atoms. The fourth-order valence-electron chi connectivity index (χ4n) is 1.52. The summed E-state index contributed by atoms with van der Waals surface area (Å²) < 4.78 is 18.1. The van der Waals surface area contributed by atoms with E-state index < -0.39 is 5.82 Å². The highest BCUT2D eigenvalue weighted by atomic mass is 19.1. The van der Waals surface area contributed by atoms with Crippen molar-refractivity contribution in [1.82, 2.24) is 0 Å². The molecule has 0 spiro atoms. The van der Waals surface area contributed by atoms with Gasteiger partial charge in [-0.1, -0.05) is 6.07 Å². The number of halogens is 1. The zero-order chi connectivity index (χ0) is 13.7. The van der Waals surface area contributed by atoms with Gasteiger partial charge in [-0.25, -0.2) is 4.39 Å². The van der Waals surface area contributed by atoms with Gasteiger partial charge in [-0.2, -0.15) is 5.26 Å². The van der Waals surface area contributed by atoms with Crippen LogP contribution in [0.4, 0.5) is 4.39 Å². The van der Waals surface area contributed by atoms with Gasteiger partial charge in [0, 0.05) is 11.6 Å². The van der Waals surface area contributed by atoms with E-state index in [9.17, 15) is 9.18 Å². The molecule has 4 heteroatoms. The van der Waals surface area contributed by atoms with Crippen molar-refractivity contribution in [3.05, 3.63) is 65.5 Å². The molecule has 0 saturated carbocycles. The lowest BCUT2D eigenvalue weighted by molar-refractivity contribution is 0.0921. The van der Waals surface area contributed by atoms with Crippen molar-refractivity contribution < 1.29 is 13.9 Å². The molecule has 0 atom stereocenters. The molecular formula is C15H10FNO2. The first-order valence-electron chi connectivity index (χ1n) is 5.61. The number of Topliss-reactive ketones (excluding diaryl/α,β-unsaturated/α-hetero) is 1. The maximum absolute atomic E-state index is 12.9. The Labute approximate surface area is 109 Å². The van der Waals surface area contributed by atoms with E-state index in [1.165, 1.54) is 18.2 Å². The van der Waals surface area contributed by atoms with Crippen molar-refractivity contribution in [2.24, 2.45) is 0 Å². The van der Waals surface area contributed by atoms with Crippen molar-refractivity contribution in [2.45, 2.75) is 0 Å². The SMILES string of the molecule is N#Cc1ccc(C(=O)COc2cccc(F)c2)cc1. The van der Waals surface area contributed by atoms with Crippen LogP contribution in [0.25, 0.3) is 0 Å². The lowest BCUT2D eigenvalue weighted by atomic mass is 10.1. The van der Waals surface area contributed by atoms with E-state index in [4.69, 9.17) is 10.00 Å². The molecule has 19 heavy (non-hydrogen) atoms. The van der Waals surface area contributed by atoms with Gasteiger partial charge < -0.3 is 4.74 Å². The summed E-state index contributed by atoms with van der Waals surface area (Å²) in [6, 6.07) is 13.8. The molecule has 0 fully saturated rings. The van der Waals surface area contributed by atoms with E-state index in [-0.39, 0.29) is 12.4 Å². The molecule has 0 aliphatic rings. The Balaban J connectivity index is 1.99. The lowest BCUT2D eigenvalue weighted by Gasteiger charge is -2.05. The van der Waals surface area contributed by atoms with Crippen LogP contribution in [0.15, 0.2) is 48.5 Å². The van der Waals surface area contributed by atoms with Crippen LogP contribution >= 0.6 is 0 Å². The molecule has 94 valence electrons. The monoisotopic (exact) mass is 255 g/mol. The third-order valence-corrected chi connectivity index (χ3v) is 2.50. The Hall–Kier alpha value is -2.67. The van der Waals surface area contributed by atoms with E-state index in [1.807, 2.05) is 6.07 Å². The Morgan fingerprint density at radius 1 is 1.21 bits per heavy atom. The van der Waals surface area contributed by atoms with Gasteiger partial charge in [0.1, 0.15) is 11.6 Å². The van der Waals surface area contributed by atoms with E-state index >= 15 is 0 Å². The number of nitriles is 1. The molecule has 0 heterocycles. The number of nitrogens with zero attached hydrogens (tertiary/aromatic N) is 1. The first-order chi connectivity index (χ1) is 9.19. The minimum Gasteiger partial charge on any atom is -0.485 e. The summed E-state index contributed by atoms with van der Waals surface area (Å²) in [5.41, 5.74) is 0.943. The number of ketones is 1. The largest absolute Gasteiger partial charge is 0.485 e. The summed E-state index contributed by atoms with van der Waals surface area (Å²) in [6.07, 6.45) is 0. The quantitative estimate of drug-likeness (QED) is 0.789. The van der Waals surface area contributed by atoms with Crippen LogP contribution in [0.2, 0.25) is 0 Å². The molecule has 0 aromatic heterocycles. The number of carbonyl (C=O) groups is 1. The highest BCUT2D eigenvalue weighted by Crippen LogP contribution is 2.12. The molecule has 3 nitrogen and oxygen atoms in total. The molecule has 0 amide bonds. The summed E-state index contributed by atoms with van der Waals surface area (Å²) in [5, 5.41) is 8.65. The van der Waals surface area contributed by atoms with Gasteiger partial charge in [0.15, 0.2) is 12.4 Å². The molecule has 2 aromatic carbocycles. The van der Waals surface area contributed by atoms with Gasteiger partial charge in [-0.05, 0) is 36.4 Å². The van der Waals surface area contributed by atoms with E-state index in [2.05, 4.69) is 0 Å². The highest BCUT2D eigenvalue weighted by Gasteiger charge is 2.07. The topological polar surface area (TPSA) is 50.1 Å². The zero-order valence-corrected chi connectivity index (χ0v) is 9.97. The second kappa shape index (κ2) is 5.78. The second-order valence-electron chi connectivity index (χ2n) is 3.86. The Bertz CT molecular complexity index is 629. The van der Waals surface area contributed by atoms with E-state index in [0.29, 0.717) is 16.9 Å². The predicted molar refractivity (Wildman–Crippen MR) is 67.4 cm³/mol. The highest BCUT2D eigenvalue weighted by molar-refractivity contribution is 5.97. The fraction of sp³-hybridized carbons (Fsp3) is 0.0667. The molecule has 0 radical (unpaired) electrons. The summed E-state index contributed by atoms with van der Waals surface area (Å²) in [4.78, 5) is 11.8. The van der Waals surface area contributed by atoms with Crippen LogP contribution in [0.3, 0.4) is 0 Å². The van der Waals surface area contributed by atoms with Crippen molar-refractivity contribution in [2.75, 3.05) is 6.61 Å². The van der Waals surface area contributed by atoms with Crippen LogP contribution in [-0.2, 0) is 0 Å². The first kappa shape index (κ1) is 12.8.